The summed E-state index contributed by atoms with van der Waals surface area (Å²) in [4.78, 5) is 17.3. The molecule has 4 rings (SSSR count). The number of para-hydroxylation sites is 2. The van der Waals surface area contributed by atoms with Crippen LogP contribution in [-0.2, 0) is 9.53 Å². The number of nitrogens with zero attached hydrogens (tertiary/aromatic N) is 2. The number of hydrogen-bond donors (Lipinski definition) is 2. The summed E-state index contributed by atoms with van der Waals surface area (Å²) in [6.45, 7) is 1.82. The second kappa shape index (κ2) is 6.35. The summed E-state index contributed by atoms with van der Waals surface area (Å²) < 4.78 is 12.3. The average molecular weight is 365 g/mol. The van der Waals surface area contributed by atoms with Crippen molar-refractivity contribution in [1.82, 2.24) is 9.55 Å². The number of hydrogen-bond acceptors (Lipinski definition) is 6. The van der Waals surface area contributed by atoms with E-state index in [4.69, 9.17) is 9.47 Å². The molecule has 1 unspecified atom stereocenters. The molecule has 0 fully saturated rings. The van der Waals surface area contributed by atoms with Gasteiger partial charge in [0.25, 0.3) is 0 Å². The van der Waals surface area contributed by atoms with Crippen LogP contribution in [0.15, 0.2) is 53.7 Å². The van der Waals surface area contributed by atoms with Gasteiger partial charge in [-0.05, 0) is 36.8 Å². The van der Waals surface area contributed by atoms with E-state index in [0.717, 1.165) is 16.6 Å². The maximum Gasteiger partial charge on any atom is 0.337 e. The van der Waals surface area contributed by atoms with E-state index in [0.29, 0.717) is 23.0 Å². The number of aromatic nitrogens is 2. The van der Waals surface area contributed by atoms with Crippen molar-refractivity contribution in [3.05, 3.63) is 59.3 Å². The van der Waals surface area contributed by atoms with Crippen molar-refractivity contribution < 1.29 is 19.4 Å². The molecule has 0 spiro atoms. The van der Waals surface area contributed by atoms with Crippen molar-refractivity contribution in [3.63, 3.8) is 0 Å². The second-order valence-electron chi connectivity index (χ2n) is 6.28. The fourth-order valence-electron chi connectivity index (χ4n) is 3.52. The first-order valence-corrected chi connectivity index (χ1v) is 8.45. The number of phenolic OH excluding ortho intramolecular Hbond substituents is 1. The van der Waals surface area contributed by atoms with E-state index >= 15 is 0 Å². The molecule has 0 radical (unpaired) electrons. The Bertz CT molecular complexity index is 1080. The molecule has 7 nitrogen and oxygen atoms in total. The highest BCUT2D eigenvalue weighted by Gasteiger charge is 2.35. The van der Waals surface area contributed by atoms with Crippen molar-refractivity contribution >= 4 is 23.0 Å². The molecule has 0 amide bonds. The quantitative estimate of drug-likeness (QED) is 0.693. The molecule has 7 heteroatoms. The topological polar surface area (TPSA) is 85.6 Å². The van der Waals surface area contributed by atoms with Crippen LogP contribution in [0.2, 0.25) is 0 Å². The molecule has 0 bridgehead atoms. The van der Waals surface area contributed by atoms with E-state index in [2.05, 4.69) is 10.3 Å². The van der Waals surface area contributed by atoms with Gasteiger partial charge in [0, 0.05) is 5.70 Å². The summed E-state index contributed by atoms with van der Waals surface area (Å²) in [6, 6.07) is 12.3. The smallest absolute Gasteiger partial charge is 0.337 e. The van der Waals surface area contributed by atoms with Gasteiger partial charge in [0.1, 0.15) is 0 Å². The predicted octanol–water partition coefficient (Wildman–Crippen LogP) is 3.21. The normalized spacial score (nSPS) is 16.0. The number of anilines is 1. The van der Waals surface area contributed by atoms with E-state index < -0.39 is 12.0 Å². The molecule has 2 N–H and O–H groups in total. The Hall–Kier alpha value is -3.48. The molecular formula is C20H19N3O4. The SMILES string of the molecule is COC(=O)C1=C(C)Nc2nc3ccccc3n2C1c1ccc(O)c(OC)c1. The lowest BCUT2D eigenvalue weighted by atomic mass is 9.94. The summed E-state index contributed by atoms with van der Waals surface area (Å²) in [5.74, 6) is 0.573. The average Bonchev–Trinajstić information content (AvgIpc) is 3.04. The minimum Gasteiger partial charge on any atom is -0.504 e. The second-order valence-corrected chi connectivity index (χ2v) is 6.28. The van der Waals surface area contributed by atoms with Gasteiger partial charge < -0.3 is 19.9 Å². The van der Waals surface area contributed by atoms with E-state index in [1.165, 1.54) is 14.2 Å². The molecule has 2 aromatic carbocycles. The Balaban J connectivity index is 2.01. The van der Waals surface area contributed by atoms with Crippen LogP contribution in [0.4, 0.5) is 5.95 Å². The first-order valence-electron chi connectivity index (χ1n) is 8.45. The Morgan fingerprint density at radius 1 is 1.22 bits per heavy atom. The Kier molecular flexibility index (Phi) is 3.99. The van der Waals surface area contributed by atoms with Gasteiger partial charge in [0.05, 0.1) is 36.9 Å². The van der Waals surface area contributed by atoms with Gasteiger partial charge in [-0.2, -0.15) is 0 Å². The van der Waals surface area contributed by atoms with Crippen LogP contribution in [-0.4, -0.2) is 34.8 Å². The number of carbonyl (C=O) groups excluding carboxylic acids is 1. The molecule has 0 saturated heterocycles. The number of methoxy groups -OCH3 is 2. The number of rotatable bonds is 3. The molecule has 1 aliphatic heterocycles. The van der Waals surface area contributed by atoms with Crippen molar-refractivity contribution in [2.75, 3.05) is 19.5 Å². The van der Waals surface area contributed by atoms with E-state index in [-0.39, 0.29) is 5.75 Å². The number of fused-ring (bicyclic) bond motifs is 3. The first-order chi connectivity index (χ1) is 13.0. The van der Waals surface area contributed by atoms with Gasteiger partial charge >= 0.3 is 5.97 Å². The van der Waals surface area contributed by atoms with Crippen LogP contribution in [0, 0.1) is 0 Å². The monoisotopic (exact) mass is 365 g/mol. The maximum atomic E-state index is 12.6. The van der Waals surface area contributed by atoms with Crippen LogP contribution in [0.3, 0.4) is 0 Å². The van der Waals surface area contributed by atoms with Gasteiger partial charge in [0.15, 0.2) is 11.5 Å². The predicted molar refractivity (Wildman–Crippen MR) is 101 cm³/mol. The zero-order chi connectivity index (χ0) is 19.1. The molecule has 1 atom stereocenters. The van der Waals surface area contributed by atoms with E-state index in [9.17, 15) is 9.90 Å². The standard InChI is InChI=1S/C20H19N3O4/c1-11-17(19(25)27-3)18(12-8-9-15(24)16(10-12)26-2)23-14-7-5-4-6-13(14)22-20(23)21-11/h4-10,18,24H,1-3H3,(H,21,22). The lowest BCUT2D eigenvalue weighted by Gasteiger charge is -2.30. The summed E-state index contributed by atoms with van der Waals surface area (Å²) in [5, 5.41) is 13.2. The van der Waals surface area contributed by atoms with Crippen molar-refractivity contribution in [2.24, 2.45) is 0 Å². The number of benzene rings is 2. The summed E-state index contributed by atoms with van der Waals surface area (Å²) in [7, 11) is 2.85. The highest BCUT2D eigenvalue weighted by molar-refractivity contribution is 5.94. The van der Waals surface area contributed by atoms with E-state index in [1.807, 2.05) is 35.8 Å². The maximum absolute atomic E-state index is 12.6. The molecule has 27 heavy (non-hydrogen) atoms. The fourth-order valence-corrected chi connectivity index (χ4v) is 3.52. The molecule has 1 aromatic heterocycles. The molecule has 138 valence electrons. The lowest BCUT2D eigenvalue weighted by molar-refractivity contribution is -0.136. The Morgan fingerprint density at radius 3 is 2.74 bits per heavy atom. The summed E-state index contributed by atoms with van der Waals surface area (Å²) >= 11 is 0. The number of imidazole rings is 1. The van der Waals surface area contributed by atoms with Gasteiger partial charge in [-0.15, -0.1) is 0 Å². The number of nitrogens with one attached hydrogen (secondary N) is 1. The molecule has 0 aliphatic carbocycles. The molecule has 3 aromatic rings. The zero-order valence-corrected chi connectivity index (χ0v) is 15.2. The lowest BCUT2D eigenvalue weighted by Crippen LogP contribution is -2.28. The Morgan fingerprint density at radius 2 is 2.00 bits per heavy atom. The van der Waals surface area contributed by atoms with Crippen LogP contribution in [0.5, 0.6) is 11.5 Å². The number of allylic oxidation sites excluding steroid dienone is 1. The van der Waals surface area contributed by atoms with E-state index in [1.54, 1.807) is 18.2 Å². The zero-order valence-electron chi connectivity index (χ0n) is 15.2. The fraction of sp³-hybridized carbons (Fsp3) is 0.200. The highest BCUT2D eigenvalue weighted by atomic mass is 16.5. The van der Waals surface area contributed by atoms with Gasteiger partial charge in [0.2, 0.25) is 5.95 Å². The molecule has 0 saturated carbocycles. The Labute approximate surface area is 155 Å². The number of phenols is 1. The van der Waals surface area contributed by atoms with Crippen LogP contribution >= 0.6 is 0 Å². The first kappa shape index (κ1) is 17.0. The van der Waals surface area contributed by atoms with Gasteiger partial charge in [-0.1, -0.05) is 18.2 Å². The largest absolute Gasteiger partial charge is 0.504 e. The van der Waals surface area contributed by atoms with Crippen LogP contribution in [0.1, 0.15) is 18.5 Å². The van der Waals surface area contributed by atoms with Crippen molar-refractivity contribution in [3.8, 4) is 11.5 Å². The highest BCUT2D eigenvalue weighted by Crippen LogP contribution is 2.41. The van der Waals surface area contributed by atoms with Crippen molar-refractivity contribution in [1.29, 1.82) is 0 Å². The van der Waals surface area contributed by atoms with Crippen molar-refractivity contribution in [2.45, 2.75) is 13.0 Å². The van der Waals surface area contributed by atoms with Crippen LogP contribution in [0.25, 0.3) is 11.0 Å². The molecule has 2 heterocycles. The number of carbonyl (C=O) groups is 1. The summed E-state index contributed by atoms with van der Waals surface area (Å²) in [6.07, 6.45) is 0. The number of ether oxygens (including phenoxy) is 2. The third kappa shape index (κ3) is 2.59. The van der Waals surface area contributed by atoms with Crippen LogP contribution < -0.4 is 10.1 Å². The van der Waals surface area contributed by atoms with Gasteiger partial charge in [-0.3, -0.25) is 4.57 Å². The minimum absolute atomic E-state index is 0.0335. The number of aromatic hydroxyl groups is 1. The number of esters is 1. The summed E-state index contributed by atoms with van der Waals surface area (Å²) in [5.41, 5.74) is 3.61. The minimum atomic E-state index is -0.476. The van der Waals surface area contributed by atoms with Gasteiger partial charge in [-0.25, -0.2) is 9.78 Å². The third-order valence-corrected chi connectivity index (χ3v) is 4.76. The third-order valence-electron chi connectivity index (χ3n) is 4.76. The molecular weight excluding hydrogens is 346 g/mol. The molecule has 1 aliphatic rings.